The van der Waals surface area contributed by atoms with Gasteiger partial charge in [0.05, 0.1) is 11.1 Å². The number of carbonyl (C=O) groups is 1. The Bertz CT molecular complexity index is 804. The molecule has 0 atom stereocenters. The van der Waals surface area contributed by atoms with E-state index in [1.54, 1.807) is 6.21 Å². The van der Waals surface area contributed by atoms with Crippen molar-refractivity contribution in [1.82, 2.24) is 9.99 Å². The molecule has 0 unspecified atom stereocenters. The number of benzene rings is 1. The van der Waals surface area contributed by atoms with Crippen LogP contribution in [-0.2, 0) is 6.54 Å². The molecule has 132 valence electrons. The number of carbonyl (C=O) groups excluding carboxylic acids is 1. The molecule has 1 aromatic heterocycles. The summed E-state index contributed by atoms with van der Waals surface area (Å²) in [7, 11) is 0. The number of nitrogens with one attached hydrogen (secondary N) is 1. The summed E-state index contributed by atoms with van der Waals surface area (Å²) < 4.78 is 2.23. The van der Waals surface area contributed by atoms with Crippen LogP contribution in [-0.4, -0.2) is 21.6 Å². The van der Waals surface area contributed by atoms with Gasteiger partial charge < -0.3 is 4.57 Å². The van der Waals surface area contributed by atoms with Crippen molar-refractivity contribution in [1.29, 1.82) is 0 Å². The molecule has 7 nitrogen and oxygen atoms in total. The summed E-state index contributed by atoms with van der Waals surface area (Å²) in [4.78, 5) is 22.1. The van der Waals surface area contributed by atoms with E-state index in [4.69, 9.17) is 0 Å². The van der Waals surface area contributed by atoms with Gasteiger partial charge in [-0.25, -0.2) is 5.43 Å². The molecule has 0 fully saturated rings. The number of amides is 1. The van der Waals surface area contributed by atoms with Crippen molar-refractivity contribution < 1.29 is 9.72 Å². The number of non-ortho nitro benzene ring substituents is 1. The van der Waals surface area contributed by atoms with Crippen molar-refractivity contribution in [2.45, 2.75) is 34.2 Å². The van der Waals surface area contributed by atoms with Crippen molar-refractivity contribution in [3.05, 3.63) is 63.0 Å². The number of rotatable bonds is 6. The Morgan fingerprint density at radius 3 is 2.52 bits per heavy atom. The van der Waals surface area contributed by atoms with Crippen LogP contribution in [0.25, 0.3) is 0 Å². The number of aromatic nitrogens is 1. The lowest BCUT2D eigenvalue weighted by Crippen LogP contribution is -2.17. The molecule has 2 aromatic rings. The second-order valence-electron chi connectivity index (χ2n) is 6.33. The van der Waals surface area contributed by atoms with Gasteiger partial charge in [-0.05, 0) is 38.0 Å². The average molecular weight is 342 g/mol. The SMILES string of the molecule is Cc1cc(C=NNC(=O)c2ccc([N+](=O)[O-])cc2)c(C)n1CC(C)C. The lowest BCUT2D eigenvalue weighted by molar-refractivity contribution is -0.384. The molecular formula is C18H22N4O3. The summed E-state index contributed by atoms with van der Waals surface area (Å²) in [5, 5.41) is 14.6. The number of aryl methyl sites for hydroxylation is 1. The summed E-state index contributed by atoms with van der Waals surface area (Å²) in [5.41, 5.74) is 5.89. The molecule has 0 aliphatic carbocycles. The number of nitro groups is 1. The first-order valence-corrected chi connectivity index (χ1v) is 8.04. The third-order valence-corrected chi connectivity index (χ3v) is 3.87. The molecule has 2 rings (SSSR count). The highest BCUT2D eigenvalue weighted by Gasteiger charge is 2.10. The third kappa shape index (κ3) is 4.53. The minimum atomic E-state index is -0.507. The smallest absolute Gasteiger partial charge is 0.271 e. The fraction of sp³-hybridized carbons (Fsp3) is 0.333. The van der Waals surface area contributed by atoms with Crippen LogP contribution in [0.4, 0.5) is 5.69 Å². The van der Waals surface area contributed by atoms with Crippen LogP contribution in [0.5, 0.6) is 0 Å². The molecule has 7 heteroatoms. The summed E-state index contributed by atoms with van der Waals surface area (Å²) in [6.45, 7) is 9.33. The van der Waals surface area contributed by atoms with Crippen LogP contribution in [0.2, 0.25) is 0 Å². The Labute approximate surface area is 146 Å². The first-order valence-electron chi connectivity index (χ1n) is 8.04. The molecule has 0 radical (unpaired) electrons. The van der Waals surface area contributed by atoms with E-state index in [1.807, 2.05) is 19.9 Å². The number of nitro benzene ring substituents is 1. The Morgan fingerprint density at radius 1 is 1.32 bits per heavy atom. The summed E-state index contributed by atoms with van der Waals surface area (Å²) in [6.07, 6.45) is 1.61. The minimum Gasteiger partial charge on any atom is -0.348 e. The van der Waals surface area contributed by atoms with E-state index in [0.717, 1.165) is 23.5 Å². The Morgan fingerprint density at radius 2 is 1.96 bits per heavy atom. The highest BCUT2D eigenvalue weighted by Crippen LogP contribution is 2.15. The Hall–Kier alpha value is -2.96. The first kappa shape index (κ1) is 18.4. The molecule has 0 bridgehead atoms. The highest BCUT2D eigenvalue weighted by atomic mass is 16.6. The molecule has 1 amide bonds. The molecule has 0 saturated carbocycles. The van der Waals surface area contributed by atoms with Crippen molar-refractivity contribution in [2.75, 3.05) is 0 Å². The lowest BCUT2D eigenvalue weighted by Gasteiger charge is -2.11. The molecular weight excluding hydrogens is 320 g/mol. The molecule has 1 aromatic carbocycles. The van der Waals surface area contributed by atoms with Crippen LogP contribution in [0.15, 0.2) is 35.4 Å². The number of nitrogens with zero attached hydrogens (tertiary/aromatic N) is 3. The maximum Gasteiger partial charge on any atom is 0.271 e. The zero-order chi connectivity index (χ0) is 18.6. The number of hydrazone groups is 1. The van der Waals surface area contributed by atoms with Crippen molar-refractivity contribution in [3.63, 3.8) is 0 Å². The van der Waals surface area contributed by atoms with Gasteiger partial charge in [0.1, 0.15) is 0 Å². The van der Waals surface area contributed by atoms with Gasteiger partial charge in [0.25, 0.3) is 11.6 Å². The van der Waals surface area contributed by atoms with Gasteiger partial charge in [-0.15, -0.1) is 0 Å². The van der Waals surface area contributed by atoms with E-state index in [9.17, 15) is 14.9 Å². The van der Waals surface area contributed by atoms with Crippen molar-refractivity contribution in [2.24, 2.45) is 11.0 Å². The fourth-order valence-corrected chi connectivity index (χ4v) is 2.56. The standard InChI is InChI=1S/C18H22N4O3/c1-12(2)11-21-13(3)9-16(14(21)4)10-19-20-18(23)15-5-7-17(8-6-15)22(24)25/h5-10,12H,11H2,1-4H3,(H,20,23). The van der Waals surface area contributed by atoms with Gasteiger partial charge in [0.2, 0.25) is 0 Å². The molecule has 1 heterocycles. The van der Waals surface area contributed by atoms with E-state index < -0.39 is 10.8 Å². The highest BCUT2D eigenvalue weighted by molar-refractivity contribution is 5.95. The van der Waals surface area contributed by atoms with E-state index >= 15 is 0 Å². The van der Waals surface area contributed by atoms with E-state index in [1.165, 1.54) is 24.3 Å². The van der Waals surface area contributed by atoms with Crippen LogP contribution in [0.3, 0.4) is 0 Å². The summed E-state index contributed by atoms with van der Waals surface area (Å²) in [5.74, 6) is 0.124. The van der Waals surface area contributed by atoms with Crippen LogP contribution in [0, 0.1) is 29.9 Å². The molecule has 0 spiro atoms. The molecule has 1 N–H and O–H groups in total. The average Bonchev–Trinajstić information content (AvgIpc) is 2.82. The van der Waals surface area contributed by atoms with E-state index in [-0.39, 0.29) is 5.69 Å². The molecule has 25 heavy (non-hydrogen) atoms. The van der Waals surface area contributed by atoms with Crippen LogP contribution < -0.4 is 5.43 Å². The zero-order valence-electron chi connectivity index (χ0n) is 14.8. The van der Waals surface area contributed by atoms with Gasteiger partial charge in [0, 0.05) is 41.2 Å². The Balaban J connectivity index is 2.05. The number of hydrogen-bond acceptors (Lipinski definition) is 4. The summed E-state index contributed by atoms with van der Waals surface area (Å²) >= 11 is 0. The lowest BCUT2D eigenvalue weighted by atomic mass is 10.2. The van der Waals surface area contributed by atoms with Crippen molar-refractivity contribution >= 4 is 17.8 Å². The van der Waals surface area contributed by atoms with Gasteiger partial charge in [-0.2, -0.15) is 5.10 Å². The predicted molar refractivity (Wildman–Crippen MR) is 96.9 cm³/mol. The third-order valence-electron chi connectivity index (χ3n) is 3.87. The topological polar surface area (TPSA) is 89.5 Å². The van der Waals surface area contributed by atoms with Crippen LogP contribution in [0.1, 0.15) is 41.2 Å². The van der Waals surface area contributed by atoms with Gasteiger partial charge >= 0.3 is 0 Å². The molecule has 0 saturated heterocycles. The second kappa shape index (κ2) is 7.74. The summed E-state index contributed by atoms with van der Waals surface area (Å²) in [6, 6.07) is 7.41. The van der Waals surface area contributed by atoms with Crippen molar-refractivity contribution in [3.8, 4) is 0 Å². The monoisotopic (exact) mass is 342 g/mol. The van der Waals surface area contributed by atoms with Gasteiger partial charge in [-0.3, -0.25) is 14.9 Å². The Kier molecular flexibility index (Phi) is 5.69. The van der Waals surface area contributed by atoms with Crippen LogP contribution >= 0.6 is 0 Å². The fourth-order valence-electron chi connectivity index (χ4n) is 2.56. The van der Waals surface area contributed by atoms with E-state index in [0.29, 0.717) is 11.5 Å². The molecule has 0 aliphatic heterocycles. The quantitative estimate of drug-likeness (QED) is 0.495. The first-order chi connectivity index (χ1) is 11.8. The maximum atomic E-state index is 12.0. The largest absolute Gasteiger partial charge is 0.348 e. The molecule has 0 aliphatic rings. The predicted octanol–water partition coefficient (Wildman–Crippen LogP) is 3.43. The maximum absolute atomic E-state index is 12.0. The van der Waals surface area contributed by atoms with Gasteiger partial charge in [0.15, 0.2) is 0 Å². The number of hydrogen-bond donors (Lipinski definition) is 1. The normalized spacial score (nSPS) is 11.2. The van der Waals surface area contributed by atoms with E-state index in [2.05, 4.69) is 28.9 Å². The minimum absolute atomic E-state index is 0.0577. The zero-order valence-corrected chi connectivity index (χ0v) is 14.8. The second-order valence-corrected chi connectivity index (χ2v) is 6.33. The van der Waals surface area contributed by atoms with Gasteiger partial charge in [-0.1, -0.05) is 13.8 Å².